The molecule has 0 radical (unpaired) electrons. The first-order valence-corrected chi connectivity index (χ1v) is 9.08. The van der Waals surface area contributed by atoms with Crippen LogP contribution in [-0.2, 0) is 22.5 Å². The molecule has 0 unspecified atom stereocenters. The van der Waals surface area contributed by atoms with E-state index in [0.29, 0.717) is 37.2 Å². The van der Waals surface area contributed by atoms with Crippen molar-refractivity contribution in [1.29, 1.82) is 0 Å². The number of amides is 1. The lowest BCUT2D eigenvalue weighted by molar-refractivity contribution is -0.126. The zero-order chi connectivity index (χ0) is 18.4. The van der Waals surface area contributed by atoms with Crippen LogP contribution in [0.1, 0.15) is 37.5 Å². The third kappa shape index (κ3) is 5.37. The normalized spacial score (nSPS) is 18.2. The number of nitrogens with zero attached hydrogens (tertiary/aromatic N) is 3. The van der Waals surface area contributed by atoms with Gasteiger partial charge in [0.15, 0.2) is 5.82 Å². The van der Waals surface area contributed by atoms with Crippen LogP contribution >= 0.6 is 0 Å². The van der Waals surface area contributed by atoms with Crippen LogP contribution in [0.4, 0.5) is 0 Å². The first kappa shape index (κ1) is 18.5. The third-order valence-corrected chi connectivity index (χ3v) is 4.47. The van der Waals surface area contributed by atoms with Gasteiger partial charge in [0.25, 0.3) is 0 Å². The summed E-state index contributed by atoms with van der Waals surface area (Å²) in [6.45, 7) is 6.93. The second-order valence-corrected chi connectivity index (χ2v) is 6.83. The van der Waals surface area contributed by atoms with E-state index in [-0.39, 0.29) is 18.6 Å². The van der Waals surface area contributed by atoms with Gasteiger partial charge >= 0.3 is 0 Å². The Morgan fingerprint density at radius 2 is 2.15 bits per heavy atom. The van der Waals surface area contributed by atoms with E-state index in [1.54, 1.807) is 0 Å². The molecule has 140 valence electrons. The number of benzene rings is 1. The topological polar surface area (TPSA) is 80.5 Å². The monoisotopic (exact) mass is 358 g/mol. The van der Waals surface area contributed by atoms with Crippen molar-refractivity contribution in [2.24, 2.45) is 0 Å². The second-order valence-electron chi connectivity index (χ2n) is 6.83. The van der Waals surface area contributed by atoms with Crippen molar-refractivity contribution in [3.63, 3.8) is 0 Å². The summed E-state index contributed by atoms with van der Waals surface area (Å²) in [6, 6.07) is 10.4. The Hall–Kier alpha value is -2.25. The molecule has 1 aliphatic rings. The summed E-state index contributed by atoms with van der Waals surface area (Å²) in [5.74, 6) is 0.963. The zero-order valence-corrected chi connectivity index (χ0v) is 15.4. The molecule has 1 N–H and O–H groups in total. The third-order valence-electron chi connectivity index (χ3n) is 4.47. The van der Waals surface area contributed by atoms with Gasteiger partial charge in [-0.2, -0.15) is 4.98 Å². The minimum Gasteiger partial charge on any atom is -0.375 e. The molecule has 0 spiro atoms. The average molecular weight is 358 g/mol. The molecule has 1 fully saturated rings. The number of hydrogen-bond acceptors (Lipinski definition) is 6. The highest BCUT2D eigenvalue weighted by atomic mass is 16.5. The maximum absolute atomic E-state index is 12.2. The van der Waals surface area contributed by atoms with Crippen LogP contribution in [0, 0.1) is 0 Å². The van der Waals surface area contributed by atoms with Gasteiger partial charge in [-0.15, -0.1) is 0 Å². The van der Waals surface area contributed by atoms with Crippen molar-refractivity contribution >= 4 is 5.91 Å². The molecule has 0 bridgehead atoms. The van der Waals surface area contributed by atoms with Crippen molar-refractivity contribution in [3.8, 4) is 0 Å². The van der Waals surface area contributed by atoms with Gasteiger partial charge in [0.2, 0.25) is 11.8 Å². The number of carbonyl (C=O) groups excluding carboxylic acids is 1. The van der Waals surface area contributed by atoms with Gasteiger partial charge in [-0.3, -0.25) is 9.69 Å². The zero-order valence-electron chi connectivity index (χ0n) is 15.4. The van der Waals surface area contributed by atoms with Crippen LogP contribution in [0.2, 0.25) is 0 Å². The molecule has 26 heavy (non-hydrogen) atoms. The standard InChI is InChI=1S/C19H26N4O3/c1-14(2)23-8-9-25-16(13-23)11-18(24)20-12-19-21-17(22-26-19)10-15-6-4-3-5-7-15/h3-7,14,16H,8-13H2,1-2H3,(H,20,24)/t16-/m0/s1. The fourth-order valence-corrected chi connectivity index (χ4v) is 3.00. The molecular formula is C19H26N4O3. The maximum atomic E-state index is 12.2. The summed E-state index contributed by atoms with van der Waals surface area (Å²) < 4.78 is 10.9. The summed E-state index contributed by atoms with van der Waals surface area (Å²) >= 11 is 0. The first-order valence-electron chi connectivity index (χ1n) is 9.08. The van der Waals surface area contributed by atoms with Crippen LogP contribution in [0.5, 0.6) is 0 Å². The van der Waals surface area contributed by atoms with E-state index in [1.807, 2.05) is 30.3 Å². The largest absolute Gasteiger partial charge is 0.375 e. The molecule has 7 heteroatoms. The Labute approximate surface area is 153 Å². The van der Waals surface area contributed by atoms with E-state index in [9.17, 15) is 4.79 Å². The minimum atomic E-state index is -0.0672. The highest BCUT2D eigenvalue weighted by Gasteiger charge is 2.24. The summed E-state index contributed by atoms with van der Waals surface area (Å²) in [5.41, 5.74) is 1.12. The fraction of sp³-hybridized carbons (Fsp3) is 0.526. The van der Waals surface area contributed by atoms with Crippen molar-refractivity contribution < 1.29 is 14.1 Å². The SMILES string of the molecule is CC(C)N1CCO[C@@H](CC(=O)NCc2nc(Cc3ccccc3)no2)C1. The quantitative estimate of drug-likeness (QED) is 0.813. The van der Waals surface area contributed by atoms with Crippen molar-refractivity contribution in [1.82, 2.24) is 20.4 Å². The summed E-state index contributed by atoms with van der Waals surface area (Å²) in [5, 5.41) is 6.80. The molecule has 3 rings (SSSR count). The molecule has 2 heterocycles. The van der Waals surface area contributed by atoms with E-state index < -0.39 is 0 Å². The Morgan fingerprint density at radius 1 is 1.35 bits per heavy atom. The van der Waals surface area contributed by atoms with Crippen molar-refractivity contribution in [3.05, 3.63) is 47.6 Å². The van der Waals surface area contributed by atoms with Gasteiger partial charge in [0, 0.05) is 25.6 Å². The predicted molar refractivity (Wildman–Crippen MR) is 96.5 cm³/mol. The van der Waals surface area contributed by atoms with Gasteiger partial charge in [0.05, 0.1) is 25.7 Å². The van der Waals surface area contributed by atoms with Crippen LogP contribution in [0.3, 0.4) is 0 Å². The number of rotatable bonds is 7. The second kappa shape index (κ2) is 8.91. The van der Waals surface area contributed by atoms with E-state index in [2.05, 4.69) is 34.2 Å². The first-order chi connectivity index (χ1) is 12.6. The number of aromatic nitrogens is 2. The Kier molecular flexibility index (Phi) is 6.35. The minimum absolute atomic E-state index is 0.0663. The summed E-state index contributed by atoms with van der Waals surface area (Å²) in [4.78, 5) is 18.8. The van der Waals surface area contributed by atoms with E-state index >= 15 is 0 Å². The van der Waals surface area contributed by atoms with E-state index in [4.69, 9.17) is 9.26 Å². The summed E-state index contributed by atoms with van der Waals surface area (Å²) in [6.07, 6.45) is 0.885. The van der Waals surface area contributed by atoms with Gasteiger partial charge in [-0.25, -0.2) is 0 Å². The molecule has 1 amide bonds. The number of carbonyl (C=O) groups is 1. The van der Waals surface area contributed by atoms with E-state index in [0.717, 1.165) is 18.7 Å². The highest BCUT2D eigenvalue weighted by Crippen LogP contribution is 2.12. The molecule has 1 aromatic carbocycles. The number of ether oxygens (including phenoxy) is 1. The molecule has 7 nitrogen and oxygen atoms in total. The number of hydrogen-bond donors (Lipinski definition) is 1. The molecule has 1 aliphatic heterocycles. The van der Waals surface area contributed by atoms with Gasteiger partial charge in [-0.1, -0.05) is 35.5 Å². The molecule has 1 saturated heterocycles. The Morgan fingerprint density at radius 3 is 2.92 bits per heavy atom. The smallest absolute Gasteiger partial charge is 0.246 e. The molecule has 2 aromatic rings. The van der Waals surface area contributed by atoms with Crippen LogP contribution in [0.25, 0.3) is 0 Å². The van der Waals surface area contributed by atoms with Crippen LogP contribution in [-0.4, -0.2) is 52.8 Å². The molecule has 0 saturated carbocycles. The Bertz CT molecular complexity index is 702. The highest BCUT2D eigenvalue weighted by molar-refractivity contribution is 5.76. The fourth-order valence-electron chi connectivity index (χ4n) is 3.00. The Balaban J connectivity index is 1.43. The van der Waals surface area contributed by atoms with Crippen LogP contribution < -0.4 is 5.32 Å². The van der Waals surface area contributed by atoms with Crippen molar-refractivity contribution in [2.75, 3.05) is 19.7 Å². The van der Waals surface area contributed by atoms with Gasteiger partial charge < -0.3 is 14.6 Å². The molecule has 0 aliphatic carbocycles. The molecule has 1 aromatic heterocycles. The van der Waals surface area contributed by atoms with Crippen LogP contribution in [0.15, 0.2) is 34.9 Å². The predicted octanol–water partition coefficient (Wildman–Crippen LogP) is 1.78. The van der Waals surface area contributed by atoms with Crippen molar-refractivity contribution in [2.45, 2.75) is 45.4 Å². The molecule has 1 atom stereocenters. The molecular weight excluding hydrogens is 332 g/mol. The lowest BCUT2D eigenvalue weighted by atomic mass is 10.1. The average Bonchev–Trinajstić information content (AvgIpc) is 3.08. The summed E-state index contributed by atoms with van der Waals surface area (Å²) in [7, 11) is 0. The number of morpholine rings is 1. The number of nitrogens with one attached hydrogen (secondary N) is 1. The lowest BCUT2D eigenvalue weighted by Gasteiger charge is -2.35. The van der Waals surface area contributed by atoms with Gasteiger partial charge in [-0.05, 0) is 19.4 Å². The van der Waals surface area contributed by atoms with Gasteiger partial charge in [0.1, 0.15) is 0 Å². The maximum Gasteiger partial charge on any atom is 0.246 e. The van der Waals surface area contributed by atoms with E-state index in [1.165, 1.54) is 0 Å². The lowest BCUT2D eigenvalue weighted by Crippen LogP contribution is -2.47.